The Morgan fingerprint density at radius 1 is 1.10 bits per heavy atom. The first kappa shape index (κ1) is 19.0. The minimum atomic E-state index is -0.249. The average molecular weight is 399 g/mol. The Labute approximate surface area is 177 Å². The summed E-state index contributed by atoms with van der Waals surface area (Å²) in [6, 6.07) is 19.6. The van der Waals surface area contributed by atoms with Crippen LogP contribution in [0.1, 0.15) is 34.8 Å². The Bertz CT molecular complexity index is 1060. The van der Waals surface area contributed by atoms with Crippen molar-refractivity contribution in [3.63, 3.8) is 0 Å². The van der Waals surface area contributed by atoms with Crippen LogP contribution in [0.3, 0.4) is 0 Å². The summed E-state index contributed by atoms with van der Waals surface area (Å²) < 4.78 is 6.21. The maximum absolute atomic E-state index is 13.0. The summed E-state index contributed by atoms with van der Waals surface area (Å²) in [5.41, 5.74) is 2.77. The number of ether oxygens (including phenoxy) is 1. The van der Waals surface area contributed by atoms with Gasteiger partial charge in [0.15, 0.2) is 0 Å². The van der Waals surface area contributed by atoms with Crippen molar-refractivity contribution in [2.45, 2.75) is 25.0 Å². The van der Waals surface area contributed by atoms with Gasteiger partial charge < -0.3 is 4.74 Å². The second-order valence-electron chi connectivity index (χ2n) is 8.35. The predicted octanol–water partition coefficient (Wildman–Crippen LogP) is 5.03. The zero-order valence-electron chi connectivity index (χ0n) is 17.0. The number of nitrogens with zero attached hydrogens (tertiary/aromatic N) is 2. The summed E-state index contributed by atoms with van der Waals surface area (Å²) in [5.74, 6) is 0.668. The van der Waals surface area contributed by atoms with E-state index in [4.69, 9.17) is 4.74 Å². The van der Waals surface area contributed by atoms with Crippen LogP contribution in [-0.2, 0) is 4.74 Å². The SMILES string of the molecule is C=C[C@H]1CN2CC[C@H]1C[C@@H](OC(=O)c1ccccc1)[C@@H]2c1ccnc2ccccc12. The highest BCUT2D eigenvalue weighted by molar-refractivity contribution is 5.89. The number of esters is 1. The van der Waals surface area contributed by atoms with Gasteiger partial charge in [-0.1, -0.05) is 42.5 Å². The van der Waals surface area contributed by atoms with Gasteiger partial charge in [-0.3, -0.25) is 9.88 Å². The molecule has 3 aliphatic rings. The zero-order valence-corrected chi connectivity index (χ0v) is 17.0. The molecule has 2 aromatic carbocycles. The van der Waals surface area contributed by atoms with Crippen LogP contribution >= 0.6 is 0 Å². The van der Waals surface area contributed by atoms with E-state index in [-0.39, 0.29) is 18.1 Å². The highest BCUT2D eigenvalue weighted by Crippen LogP contribution is 2.44. The lowest BCUT2D eigenvalue weighted by Gasteiger charge is -2.37. The van der Waals surface area contributed by atoms with Gasteiger partial charge in [0.25, 0.3) is 0 Å². The second kappa shape index (κ2) is 8.04. The largest absolute Gasteiger partial charge is 0.457 e. The number of hydrogen-bond donors (Lipinski definition) is 0. The monoisotopic (exact) mass is 398 g/mol. The van der Waals surface area contributed by atoms with Crippen LogP contribution in [0.4, 0.5) is 0 Å². The van der Waals surface area contributed by atoms with Crippen LogP contribution in [0.25, 0.3) is 10.9 Å². The van der Waals surface area contributed by atoms with Gasteiger partial charge in [0.2, 0.25) is 0 Å². The molecule has 2 bridgehead atoms. The summed E-state index contributed by atoms with van der Waals surface area (Å²) >= 11 is 0. The summed E-state index contributed by atoms with van der Waals surface area (Å²) in [6.45, 7) is 6.04. The highest BCUT2D eigenvalue weighted by Gasteiger charge is 2.43. The third-order valence-electron chi connectivity index (χ3n) is 6.69. The average Bonchev–Trinajstić information content (AvgIpc) is 3.06. The minimum Gasteiger partial charge on any atom is -0.457 e. The van der Waals surface area contributed by atoms with Crippen LogP contribution in [0, 0.1) is 11.8 Å². The molecule has 3 saturated heterocycles. The van der Waals surface area contributed by atoms with Gasteiger partial charge in [-0.15, -0.1) is 6.58 Å². The van der Waals surface area contributed by atoms with Crippen molar-refractivity contribution in [2.24, 2.45) is 11.8 Å². The lowest BCUT2D eigenvalue weighted by molar-refractivity contribution is 0.00394. The van der Waals surface area contributed by atoms with Gasteiger partial charge in [0.1, 0.15) is 6.10 Å². The molecule has 3 aromatic rings. The number of piperidine rings is 1. The lowest BCUT2D eigenvalue weighted by Crippen LogP contribution is -2.40. The normalized spacial score (nSPS) is 28.1. The molecule has 0 radical (unpaired) electrons. The smallest absolute Gasteiger partial charge is 0.338 e. The van der Waals surface area contributed by atoms with Crippen molar-refractivity contribution in [1.82, 2.24) is 9.88 Å². The van der Waals surface area contributed by atoms with E-state index in [9.17, 15) is 4.79 Å². The number of fused-ring (bicyclic) bond motifs is 5. The number of pyridine rings is 1. The second-order valence-corrected chi connectivity index (χ2v) is 8.35. The predicted molar refractivity (Wildman–Crippen MR) is 118 cm³/mol. The molecule has 3 fully saturated rings. The maximum atomic E-state index is 13.0. The number of rotatable bonds is 4. The molecule has 1 unspecified atom stereocenters. The summed E-state index contributed by atoms with van der Waals surface area (Å²) in [6.07, 6.45) is 5.71. The molecule has 0 aliphatic carbocycles. The summed E-state index contributed by atoms with van der Waals surface area (Å²) in [7, 11) is 0. The molecule has 0 amide bonds. The molecule has 4 heteroatoms. The van der Waals surface area contributed by atoms with Gasteiger partial charge in [-0.2, -0.15) is 0 Å². The number of carbonyl (C=O) groups is 1. The van der Waals surface area contributed by atoms with Crippen molar-refractivity contribution in [3.8, 4) is 0 Å². The maximum Gasteiger partial charge on any atom is 0.338 e. The molecule has 0 saturated carbocycles. The number of benzene rings is 2. The van der Waals surface area contributed by atoms with Gasteiger partial charge in [0.05, 0.1) is 17.1 Å². The lowest BCUT2D eigenvalue weighted by atomic mass is 9.84. The van der Waals surface area contributed by atoms with Crippen LogP contribution < -0.4 is 0 Å². The number of aromatic nitrogens is 1. The fraction of sp³-hybridized carbons (Fsp3) is 0.308. The van der Waals surface area contributed by atoms with Crippen molar-refractivity contribution >= 4 is 16.9 Å². The fourth-order valence-corrected chi connectivity index (χ4v) is 5.20. The van der Waals surface area contributed by atoms with Crippen molar-refractivity contribution < 1.29 is 9.53 Å². The Balaban J connectivity index is 1.57. The molecule has 0 N–H and O–H groups in total. The molecule has 4 nitrogen and oxygen atoms in total. The molecule has 6 rings (SSSR count). The fourth-order valence-electron chi connectivity index (χ4n) is 5.20. The van der Waals surface area contributed by atoms with E-state index >= 15 is 0 Å². The third-order valence-corrected chi connectivity index (χ3v) is 6.69. The van der Waals surface area contributed by atoms with Gasteiger partial charge in [-0.25, -0.2) is 4.79 Å². The zero-order chi connectivity index (χ0) is 20.5. The third kappa shape index (κ3) is 3.41. The molecular weight excluding hydrogens is 372 g/mol. The van der Waals surface area contributed by atoms with Crippen molar-refractivity contribution in [1.29, 1.82) is 0 Å². The van der Waals surface area contributed by atoms with Crippen LogP contribution in [0.15, 0.2) is 79.5 Å². The molecule has 4 heterocycles. The van der Waals surface area contributed by atoms with Crippen molar-refractivity contribution in [3.05, 3.63) is 90.6 Å². The van der Waals surface area contributed by atoms with Gasteiger partial charge in [0, 0.05) is 18.1 Å². The van der Waals surface area contributed by atoms with Gasteiger partial charge in [-0.05, 0) is 61.1 Å². The Morgan fingerprint density at radius 3 is 2.73 bits per heavy atom. The number of para-hydroxylation sites is 1. The molecule has 3 aliphatic heterocycles. The topological polar surface area (TPSA) is 42.4 Å². The van der Waals surface area contributed by atoms with E-state index < -0.39 is 0 Å². The molecule has 0 spiro atoms. The highest BCUT2D eigenvalue weighted by atomic mass is 16.5. The standard InChI is InChI=1S/C26H26N2O2/c1-2-18-17-28-15-13-20(18)16-24(30-26(29)19-8-4-3-5-9-19)25(28)22-12-14-27-23-11-7-6-10-21(22)23/h2-12,14,18,20,24-25H,1,13,15-17H2/t18-,20-,24+,25-/m0/s1. The van der Waals surface area contributed by atoms with Crippen molar-refractivity contribution in [2.75, 3.05) is 13.1 Å². The Kier molecular flexibility index (Phi) is 5.09. The minimum absolute atomic E-state index is 0.0144. The molecule has 1 aromatic heterocycles. The molecule has 152 valence electrons. The summed E-state index contributed by atoms with van der Waals surface area (Å²) in [5, 5.41) is 1.13. The molecule has 5 atom stereocenters. The molecule has 30 heavy (non-hydrogen) atoms. The quantitative estimate of drug-likeness (QED) is 0.457. The first-order chi connectivity index (χ1) is 14.7. The Hall–Kier alpha value is -2.98. The summed E-state index contributed by atoms with van der Waals surface area (Å²) in [4.78, 5) is 20.0. The first-order valence-electron chi connectivity index (χ1n) is 10.7. The Morgan fingerprint density at radius 2 is 1.90 bits per heavy atom. The number of carbonyl (C=O) groups excluding carboxylic acids is 1. The van der Waals surface area contributed by atoms with E-state index in [1.54, 1.807) is 0 Å². The van der Waals surface area contributed by atoms with Crippen LogP contribution in [-0.4, -0.2) is 35.0 Å². The molecular formula is C26H26N2O2. The first-order valence-corrected chi connectivity index (χ1v) is 10.7. The number of hydrogen-bond acceptors (Lipinski definition) is 4. The van der Waals surface area contributed by atoms with Gasteiger partial charge >= 0.3 is 5.97 Å². The van der Waals surface area contributed by atoms with Crippen LogP contribution in [0.2, 0.25) is 0 Å². The van der Waals surface area contributed by atoms with E-state index in [0.717, 1.165) is 36.8 Å². The van der Waals surface area contributed by atoms with E-state index in [2.05, 4.69) is 40.7 Å². The van der Waals surface area contributed by atoms with E-state index in [0.29, 0.717) is 17.4 Å². The van der Waals surface area contributed by atoms with Crippen LogP contribution in [0.5, 0.6) is 0 Å². The van der Waals surface area contributed by atoms with E-state index in [1.807, 2.05) is 48.7 Å². The van der Waals surface area contributed by atoms with E-state index in [1.165, 1.54) is 5.56 Å².